The second-order valence-corrected chi connectivity index (χ2v) is 7.80. The summed E-state index contributed by atoms with van der Waals surface area (Å²) in [6.07, 6.45) is -5.96. The molecule has 2 aromatic rings. The summed E-state index contributed by atoms with van der Waals surface area (Å²) in [6, 6.07) is 5.30. The molecule has 0 saturated heterocycles. The molecule has 1 aliphatic carbocycles. The molecule has 0 saturated carbocycles. The monoisotopic (exact) mass is 432 g/mol. The van der Waals surface area contributed by atoms with Gasteiger partial charge in [-0.1, -0.05) is 0 Å². The highest BCUT2D eigenvalue weighted by molar-refractivity contribution is 5.98. The third-order valence-electron chi connectivity index (χ3n) is 5.96. The highest BCUT2D eigenvalue weighted by Crippen LogP contribution is 2.51. The molecule has 0 aromatic heterocycles. The van der Waals surface area contributed by atoms with E-state index in [1.165, 1.54) is 11.2 Å². The van der Waals surface area contributed by atoms with Crippen LogP contribution in [-0.2, 0) is 12.8 Å². The lowest BCUT2D eigenvalue weighted by atomic mass is 9.84. The Morgan fingerprint density at radius 3 is 2.68 bits per heavy atom. The van der Waals surface area contributed by atoms with E-state index in [-0.39, 0.29) is 29.5 Å². The highest BCUT2D eigenvalue weighted by Gasteiger charge is 2.42. The van der Waals surface area contributed by atoms with Crippen molar-refractivity contribution in [3.63, 3.8) is 0 Å². The first-order valence-corrected chi connectivity index (χ1v) is 9.68. The van der Waals surface area contributed by atoms with E-state index in [9.17, 15) is 27.9 Å². The van der Waals surface area contributed by atoms with Gasteiger partial charge in [-0.05, 0) is 59.4 Å². The van der Waals surface area contributed by atoms with Gasteiger partial charge in [-0.3, -0.25) is 5.01 Å². The predicted octanol–water partition coefficient (Wildman–Crippen LogP) is 3.54. The fourth-order valence-corrected chi connectivity index (χ4v) is 4.46. The van der Waals surface area contributed by atoms with Crippen LogP contribution in [0.1, 0.15) is 58.1 Å². The fraction of sp³-hybridized carbons (Fsp3) is 0.318. The van der Waals surface area contributed by atoms with Crippen molar-refractivity contribution in [2.24, 2.45) is 11.6 Å². The lowest BCUT2D eigenvalue weighted by molar-refractivity contribution is 0.0923. The zero-order valence-corrected chi connectivity index (χ0v) is 16.5. The van der Waals surface area contributed by atoms with E-state index in [4.69, 9.17) is 11.6 Å². The first-order valence-electron chi connectivity index (χ1n) is 9.68. The molecule has 2 aromatic carbocycles. The molecule has 5 nitrogen and oxygen atoms in total. The van der Waals surface area contributed by atoms with Gasteiger partial charge in [0.1, 0.15) is 24.3 Å². The minimum absolute atomic E-state index is 0.0871. The minimum atomic E-state index is -2.14. The molecular weight excluding hydrogens is 412 g/mol. The smallest absolute Gasteiger partial charge is 0.156 e. The molecule has 31 heavy (non-hydrogen) atoms. The van der Waals surface area contributed by atoms with Gasteiger partial charge in [0.15, 0.2) is 6.17 Å². The average molecular weight is 432 g/mol. The van der Waals surface area contributed by atoms with Crippen LogP contribution in [0, 0.1) is 17.1 Å². The molecule has 1 heterocycles. The number of aliphatic hydroxyl groups excluding tert-OH is 1. The Morgan fingerprint density at radius 2 is 2.06 bits per heavy atom. The number of hydrogen-bond acceptors (Lipinski definition) is 5. The van der Waals surface area contributed by atoms with E-state index < -0.39 is 30.4 Å². The number of aliphatic hydroxyl groups is 1. The van der Waals surface area contributed by atoms with Crippen LogP contribution in [0.25, 0.3) is 5.70 Å². The average Bonchev–Trinajstić information content (AvgIpc) is 3.03. The number of nitrogens with two attached hydrogens (primary N) is 2. The standard InChI is InChI=1S/C22H20F4N4O/c1-9(23)21(26)15-5-12(24)2-11(7-27)13(15)3-10-4-17-20(18(8-28)30(17)29)19-14(10)6-16(25)22(19)31/h2,4-5,8-9,16,21-22,31H,3,6,28-29H2,1H3/b18-8-. The van der Waals surface area contributed by atoms with Gasteiger partial charge in [-0.2, -0.15) is 5.26 Å². The largest absolute Gasteiger partial charge is 0.403 e. The van der Waals surface area contributed by atoms with Gasteiger partial charge in [-0.25, -0.2) is 23.4 Å². The minimum Gasteiger partial charge on any atom is -0.403 e. The highest BCUT2D eigenvalue weighted by atomic mass is 19.2. The number of rotatable bonds is 4. The quantitative estimate of drug-likeness (QED) is 0.507. The van der Waals surface area contributed by atoms with Gasteiger partial charge < -0.3 is 10.8 Å². The van der Waals surface area contributed by atoms with Crippen LogP contribution in [-0.4, -0.2) is 17.4 Å². The van der Waals surface area contributed by atoms with Crippen molar-refractivity contribution in [1.82, 2.24) is 0 Å². The van der Waals surface area contributed by atoms with Crippen LogP contribution in [0.2, 0.25) is 0 Å². The van der Waals surface area contributed by atoms with Gasteiger partial charge in [0.05, 0.1) is 23.0 Å². The molecule has 2 aliphatic rings. The van der Waals surface area contributed by atoms with Crippen molar-refractivity contribution in [2.75, 3.05) is 5.01 Å². The van der Waals surface area contributed by atoms with E-state index in [1.54, 1.807) is 6.07 Å². The Labute approximate surface area is 176 Å². The summed E-state index contributed by atoms with van der Waals surface area (Å²) in [6.45, 7) is 1.01. The number of nitrogens with zero attached hydrogens (tertiary/aromatic N) is 2. The van der Waals surface area contributed by atoms with Crippen molar-refractivity contribution >= 4 is 11.4 Å². The van der Waals surface area contributed by atoms with Crippen LogP contribution in [0.5, 0.6) is 0 Å². The maximum absolute atomic E-state index is 14.6. The van der Waals surface area contributed by atoms with Crippen LogP contribution in [0.4, 0.5) is 23.2 Å². The topological polar surface area (TPSA) is 99.3 Å². The van der Waals surface area contributed by atoms with E-state index in [1.807, 2.05) is 6.07 Å². The molecule has 0 radical (unpaired) electrons. The van der Waals surface area contributed by atoms with Crippen molar-refractivity contribution in [3.05, 3.63) is 69.2 Å². The predicted molar refractivity (Wildman–Crippen MR) is 107 cm³/mol. The van der Waals surface area contributed by atoms with E-state index in [2.05, 4.69) is 0 Å². The molecule has 1 aliphatic heterocycles. The number of benzene rings is 2. The van der Waals surface area contributed by atoms with Crippen molar-refractivity contribution in [2.45, 2.75) is 44.4 Å². The normalized spacial score (nSPS) is 22.5. The van der Waals surface area contributed by atoms with Gasteiger partial charge in [0, 0.05) is 18.2 Å². The molecule has 162 valence electrons. The van der Waals surface area contributed by atoms with Crippen LogP contribution in [0.3, 0.4) is 0 Å². The summed E-state index contributed by atoms with van der Waals surface area (Å²) in [4.78, 5) is 0. The molecule has 0 bridgehead atoms. The number of nitriles is 1. The summed E-state index contributed by atoms with van der Waals surface area (Å²) >= 11 is 0. The summed E-state index contributed by atoms with van der Waals surface area (Å²) < 4.78 is 56.8. The van der Waals surface area contributed by atoms with E-state index in [0.29, 0.717) is 33.6 Å². The van der Waals surface area contributed by atoms with Crippen molar-refractivity contribution < 1.29 is 22.7 Å². The summed E-state index contributed by atoms with van der Waals surface area (Å²) in [5.74, 6) is 5.12. The second-order valence-electron chi connectivity index (χ2n) is 7.80. The number of halogens is 4. The number of hydrogen-bond donors (Lipinski definition) is 3. The number of fused-ring (bicyclic) bond motifs is 3. The zero-order valence-electron chi connectivity index (χ0n) is 16.5. The van der Waals surface area contributed by atoms with Crippen LogP contribution >= 0.6 is 0 Å². The van der Waals surface area contributed by atoms with Crippen LogP contribution in [0.15, 0.2) is 24.4 Å². The van der Waals surface area contributed by atoms with Gasteiger partial charge >= 0.3 is 0 Å². The first kappa shape index (κ1) is 21.2. The summed E-state index contributed by atoms with van der Waals surface area (Å²) in [7, 11) is 0. The Hall–Kier alpha value is -3.09. The lowest BCUT2D eigenvalue weighted by Crippen LogP contribution is -2.39. The fourth-order valence-electron chi connectivity index (χ4n) is 4.46. The molecule has 4 rings (SSSR count). The molecule has 4 unspecified atom stereocenters. The van der Waals surface area contributed by atoms with Crippen molar-refractivity contribution in [3.8, 4) is 6.07 Å². The third-order valence-corrected chi connectivity index (χ3v) is 5.96. The summed E-state index contributed by atoms with van der Waals surface area (Å²) in [5, 5.41) is 21.2. The molecule has 0 fully saturated rings. The maximum atomic E-state index is 14.6. The Balaban J connectivity index is 1.91. The van der Waals surface area contributed by atoms with Gasteiger partial charge in [-0.15, -0.1) is 0 Å². The Kier molecular flexibility index (Phi) is 5.15. The SMILES string of the molecule is CC(F)C(F)c1cc(F)cc(C#N)c1Cc1cc2c(c3c1CC(F)C3O)/C(=C/N)N2N. The van der Waals surface area contributed by atoms with Crippen molar-refractivity contribution in [1.29, 1.82) is 5.26 Å². The number of hydrazine groups is 1. The van der Waals surface area contributed by atoms with Gasteiger partial charge in [0.25, 0.3) is 0 Å². The second kappa shape index (κ2) is 7.55. The zero-order chi connectivity index (χ0) is 22.6. The Bertz CT molecular complexity index is 1140. The molecule has 0 amide bonds. The van der Waals surface area contributed by atoms with Crippen LogP contribution < -0.4 is 16.6 Å². The number of alkyl halides is 3. The molecule has 0 spiro atoms. The molecule has 5 N–H and O–H groups in total. The van der Waals surface area contributed by atoms with E-state index in [0.717, 1.165) is 19.1 Å². The Morgan fingerprint density at radius 1 is 1.35 bits per heavy atom. The first-order chi connectivity index (χ1) is 14.7. The molecule has 9 heteroatoms. The van der Waals surface area contributed by atoms with Gasteiger partial charge in [0.2, 0.25) is 0 Å². The number of anilines is 1. The maximum Gasteiger partial charge on any atom is 0.156 e. The van der Waals surface area contributed by atoms with E-state index >= 15 is 0 Å². The molecule has 4 atom stereocenters. The summed E-state index contributed by atoms with van der Waals surface area (Å²) in [5.41, 5.74) is 8.08. The molecular formula is C22H20F4N4O. The third kappa shape index (κ3) is 3.14. The lowest BCUT2D eigenvalue weighted by Gasteiger charge is -2.37.